The van der Waals surface area contributed by atoms with E-state index in [4.69, 9.17) is 0 Å². The molecule has 1 amide bonds. The Balaban J connectivity index is 1.39. The zero-order chi connectivity index (χ0) is 19.6. The summed E-state index contributed by atoms with van der Waals surface area (Å²) in [4.78, 5) is 19.2. The van der Waals surface area contributed by atoms with Crippen molar-refractivity contribution in [1.29, 1.82) is 0 Å². The van der Waals surface area contributed by atoms with Crippen LogP contribution in [0.3, 0.4) is 0 Å². The summed E-state index contributed by atoms with van der Waals surface area (Å²) in [5.74, 6) is 0.148. The van der Waals surface area contributed by atoms with Crippen molar-refractivity contribution in [1.82, 2.24) is 9.71 Å². The number of benzene rings is 1. The zero-order valence-corrected chi connectivity index (χ0v) is 16.4. The Morgan fingerprint density at radius 3 is 2.32 bits per heavy atom. The van der Waals surface area contributed by atoms with E-state index in [1.807, 2.05) is 6.07 Å². The first-order valence-electron chi connectivity index (χ1n) is 9.66. The summed E-state index contributed by atoms with van der Waals surface area (Å²) in [6, 6.07) is 9.73. The molecule has 0 atom stereocenters. The third kappa shape index (κ3) is 4.51. The summed E-state index contributed by atoms with van der Waals surface area (Å²) in [6.07, 6.45) is 7.20. The molecule has 7 nitrogen and oxygen atoms in total. The van der Waals surface area contributed by atoms with Gasteiger partial charge in [0.1, 0.15) is 5.82 Å². The van der Waals surface area contributed by atoms with Gasteiger partial charge in [-0.3, -0.25) is 4.79 Å². The molecule has 8 heteroatoms. The molecular weight excluding hydrogens is 376 g/mol. The SMILES string of the molecule is O=C(Nc1ccc(N2CCCCC2)cn1)c1ccc(S(=O)(=O)NC2CC2)cc1. The first-order chi connectivity index (χ1) is 13.5. The van der Waals surface area contributed by atoms with Crippen molar-refractivity contribution >= 4 is 27.4 Å². The van der Waals surface area contributed by atoms with E-state index in [1.54, 1.807) is 12.3 Å². The Labute approximate surface area is 165 Å². The van der Waals surface area contributed by atoms with Gasteiger partial charge in [0.15, 0.2) is 0 Å². The molecule has 1 aliphatic heterocycles. The van der Waals surface area contributed by atoms with Crippen LogP contribution in [-0.2, 0) is 10.0 Å². The Morgan fingerprint density at radius 2 is 1.71 bits per heavy atom. The van der Waals surface area contributed by atoms with Gasteiger partial charge in [0.25, 0.3) is 5.91 Å². The maximum atomic E-state index is 12.4. The normalized spacial score (nSPS) is 17.4. The highest BCUT2D eigenvalue weighted by atomic mass is 32.2. The van der Waals surface area contributed by atoms with Crippen molar-refractivity contribution in [3.63, 3.8) is 0 Å². The number of carbonyl (C=O) groups is 1. The highest BCUT2D eigenvalue weighted by molar-refractivity contribution is 7.89. The van der Waals surface area contributed by atoms with Gasteiger partial charge in [0.2, 0.25) is 10.0 Å². The van der Waals surface area contributed by atoms with Crippen LogP contribution in [0, 0.1) is 0 Å². The maximum absolute atomic E-state index is 12.4. The summed E-state index contributed by atoms with van der Waals surface area (Å²) in [6.45, 7) is 2.08. The van der Waals surface area contributed by atoms with Crippen molar-refractivity contribution in [3.8, 4) is 0 Å². The second-order valence-electron chi connectivity index (χ2n) is 7.32. The van der Waals surface area contributed by atoms with E-state index in [0.29, 0.717) is 11.4 Å². The van der Waals surface area contributed by atoms with Crippen LogP contribution in [0.25, 0.3) is 0 Å². The molecule has 1 saturated heterocycles. The number of nitrogens with zero attached hydrogens (tertiary/aromatic N) is 2. The van der Waals surface area contributed by atoms with E-state index in [2.05, 4.69) is 19.9 Å². The minimum absolute atomic E-state index is 0.0481. The molecule has 2 N–H and O–H groups in total. The lowest BCUT2D eigenvalue weighted by molar-refractivity contribution is 0.102. The molecular formula is C20H24N4O3S. The lowest BCUT2D eigenvalue weighted by Crippen LogP contribution is -2.29. The lowest BCUT2D eigenvalue weighted by Gasteiger charge is -2.28. The molecule has 1 aliphatic carbocycles. The smallest absolute Gasteiger partial charge is 0.256 e. The van der Waals surface area contributed by atoms with Crippen molar-refractivity contribution in [3.05, 3.63) is 48.2 Å². The van der Waals surface area contributed by atoms with Gasteiger partial charge < -0.3 is 10.2 Å². The van der Waals surface area contributed by atoms with Gasteiger partial charge in [-0.25, -0.2) is 18.1 Å². The largest absolute Gasteiger partial charge is 0.370 e. The fourth-order valence-corrected chi connectivity index (χ4v) is 4.57. The number of rotatable bonds is 6. The molecule has 0 spiro atoms. The summed E-state index contributed by atoms with van der Waals surface area (Å²) >= 11 is 0. The molecule has 0 bridgehead atoms. The first-order valence-corrected chi connectivity index (χ1v) is 11.1. The predicted octanol–water partition coefficient (Wildman–Crippen LogP) is 2.76. The summed E-state index contributed by atoms with van der Waals surface area (Å²) in [5.41, 5.74) is 1.45. The van der Waals surface area contributed by atoms with Crippen molar-refractivity contribution in [2.24, 2.45) is 0 Å². The second kappa shape index (κ2) is 7.89. The molecule has 0 unspecified atom stereocenters. The van der Waals surface area contributed by atoms with Gasteiger partial charge in [0.05, 0.1) is 16.8 Å². The zero-order valence-electron chi connectivity index (χ0n) is 15.6. The molecule has 2 aliphatic rings. The van der Waals surface area contributed by atoms with E-state index < -0.39 is 10.0 Å². The number of anilines is 2. The number of hydrogen-bond donors (Lipinski definition) is 2. The average molecular weight is 401 g/mol. The van der Waals surface area contributed by atoms with E-state index in [0.717, 1.165) is 31.6 Å². The fraction of sp³-hybridized carbons (Fsp3) is 0.400. The predicted molar refractivity (Wildman–Crippen MR) is 108 cm³/mol. The molecule has 0 radical (unpaired) electrons. The van der Waals surface area contributed by atoms with Crippen molar-refractivity contribution in [2.45, 2.75) is 43.0 Å². The van der Waals surface area contributed by atoms with E-state index >= 15 is 0 Å². The number of hydrogen-bond acceptors (Lipinski definition) is 5. The molecule has 4 rings (SSSR count). The minimum atomic E-state index is -3.51. The Bertz CT molecular complexity index is 932. The number of amides is 1. The molecule has 1 aromatic heterocycles. The van der Waals surface area contributed by atoms with Crippen LogP contribution in [0.15, 0.2) is 47.5 Å². The highest BCUT2D eigenvalue weighted by Gasteiger charge is 2.28. The van der Waals surface area contributed by atoms with Gasteiger partial charge in [-0.1, -0.05) is 0 Å². The number of nitrogens with one attached hydrogen (secondary N) is 2. The van der Waals surface area contributed by atoms with Crippen molar-refractivity contribution < 1.29 is 13.2 Å². The van der Waals surface area contributed by atoms with Crippen LogP contribution in [0.2, 0.25) is 0 Å². The lowest BCUT2D eigenvalue weighted by atomic mass is 10.1. The third-order valence-corrected chi connectivity index (χ3v) is 6.57. The Kier molecular flexibility index (Phi) is 5.32. The monoisotopic (exact) mass is 400 g/mol. The molecule has 2 heterocycles. The number of piperidine rings is 1. The summed E-state index contributed by atoms with van der Waals surface area (Å²) in [7, 11) is -3.51. The van der Waals surface area contributed by atoms with Crippen LogP contribution in [0.4, 0.5) is 11.5 Å². The van der Waals surface area contributed by atoms with Crippen LogP contribution in [0.5, 0.6) is 0 Å². The molecule has 148 valence electrons. The maximum Gasteiger partial charge on any atom is 0.256 e. The number of carbonyl (C=O) groups excluding carboxylic acids is 1. The quantitative estimate of drug-likeness (QED) is 0.778. The van der Waals surface area contributed by atoms with Gasteiger partial charge in [-0.05, 0) is 68.5 Å². The molecule has 2 fully saturated rings. The number of aromatic nitrogens is 1. The van der Waals surface area contributed by atoms with Crippen LogP contribution in [-0.4, -0.2) is 38.4 Å². The van der Waals surface area contributed by atoms with E-state index in [1.165, 1.54) is 43.5 Å². The van der Waals surface area contributed by atoms with Crippen LogP contribution >= 0.6 is 0 Å². The summed E-state index contributed by atoms with van der Waals surface area (Å²) < 4.78 is 27.0. The van der Waals surface area contributed by atoms with Crippen LogP contribution < -0.4 is 14.9 Å². The van der Waals surface area contributed by atoms with Gasteiger partial charge in [0, 0.05) is 24.7 Å². The topological polar surface area (TPSA) is 91.4 Å². The third-order valence-electron chi connectivity index (χ3n) is 5.04. The first kappa shape index (κ1) is 18.9. The molecule has 1 saturated carbocycles. The number of sulfonamides is 1. The van der Waals surface area contributed by atoms with Gasteiger partial charge >= 0.3 is 0 Å². The standard InChI is InChI=1S/C20H24N4O3S/c25-20(15-4-9-18(10-5-15)28(26,27)23-16-6-7-16)22-19-11-8-17(14-21-19)24-12-2-1-3-13-24/h4-5,8-11,14,16,23H,1-3,6-7,12-13H2,(H,21,22,25). The van der Waals surface area contributed by atoms with Crippen molar-refractivity contribution in [2.75, 3.05) is 23.3 Å². The second-order valence-corrected chi connectivity index (χ2v) is 9.04. The van der Waals surface area contributed by atoms with E-state index in [9.17, 15) is 13.2 Å². The Morgan fingerprint density at radius 1 is 1.00 bits per heavy atom. The highest BCUT2D eigenvalue weighted by Crippen LogP contribution is 2.23. The molecule has 1 aromatic carbocycles. The summed E-state index contributed by atoms with van der Waals surface area (Å²) in [5, 5.41) is 2.76. The fourth-order valence-electron chi connectivity index (χ4n) is 3.26. The molecule has 28 heavy (non-hydrogen) atoms. The average Bonchev–Trinajstić information content (AvgIpc) is 3.53. The van der Waals surface area contributed by atoms with Gasteiger partial charge in [-0.15, -0.1) is 0 Å². The van der Waals surface area contributed by atoms with E-state index in [-0.39, 0.29) is 16.8 Å². The van der Waals surface area contributed by atoms with Crippen LogP contribution in [0.1, 0.15) is 42.5 Å². The minimum Gasteiger partial charge on any atom is -0.370 e. The Hall–Kier alpha value is -2.45. The number of pyridine rings is 1. The molecule has 2 aromatic rings. The van der Waals surface area contributed by atoms with Gasteiger partial charge in [-0.2, -0.15) is 0 Å².